The van der Waals surface area contributed by atoms with Crippen LogP contribution in [0.15, 0.2) is 17.1 Å². The predicted octanol–water partition coefficient (Wildman–Crippen LogP) is -1.60. The molecular weight excluding hydrogens is 462 g/mol. The summed E-state index contributed by atoms with van der Waals surface area (Å²) in [6, 6.07) is 1.26. The molecule has 6 atom stereocenters. The Morgan fingerprint density at radius 1 is 1.19 bits per heavy atom. The highest BCUT2D eigenvalue weighted by Crippen LogP contribution is 2.60. The van der Waals surface area contributed by atoms with Crippen LogP contribution in [0.2, 0.25) is 0 Å². The summed E-state index contributed by atoms with van der Waals surface area (Å²) in [5, 5.41) is 20.2. The Bertz CT molecular complexity index is 920. The summed E-state index contributed by atoms with van der Waals surface area (Å²) in [5.74, 6) is -0.0652. The van der Waals surface area contributed by atoms with Crippen LogP contribution in [0, 0.1) is 0 Å². The average molecular weight is 489 g/mol. The minimum absolute atomic E-state index is 0.0652. The van der Waals surface area contributed by atoms with E-state index >= 15 is 0 Å². The Hall–Kier alpha value is -1.22. The molecule has 1 aromatic rings. The zero-order valence-electron chi connectivity index (χ0n) is 17.0. The first-order valence-corrected chi connectivity index (χ1v) is 11.9. The third-order valence-electron chi connectivity index (χ3n) is 4.09. The van der Waals surface area contributed by atoms with E-state index in [4.69, 9.17) is 10.5 Å². The zero-order valence-corrected chi connectivity index (χ0v) is 18.8. The number of ether oxygens (including phenoxy) is 1. The third kappa shape index (κ3) is 7.70. The van der Waals surface area contributed by atoms with Crippen LogP contribution in [0.4, 0.5) is 5.82 Å². The van der Waals surface area contributed by atoms with Crippen molar-refractivity contribution in [3.8, 4) is 0 Å². The quantitative estimate of drug-likeness (QED) is 0.185. The standard InChI is InChI=1S/C14H26N4O11P2/c1-18(2,3)6-7-26-30(22,23)29-31(24,25)27-8-9-11(19)12(20)13(28-9)17-5-4-10(15)16-14(17)21/h4-5,9,11-13,19-20H,6-8H2,1-3H3,(H3-,15,16,21,22,23,24,25)/p+1/t9-,11?,12?,13-/m1/s1. The number of aromatic nitrogens is 2. The van der Waals surface area contributed by atoms with Crippen LogP contribution >= 0.6 is 15.6 Å². The van der Waals surface area contributed by atoms with Gasteiger partial charge in [0.05, 0.1) is 27.7 Å². The lowest BCUT2D eigenvalue weighted by Gasteiger charge is -2.24. The van der Waals surface area contributed by atoms with Crippen molar-refractivity contribution < 1.29 is 51.7 Å². The molecule has 1 saturated heterocycles. The molecule has 2 heterocycles. The Morgan fingerprint density at radius 2 is 1.81 bits per heavy atom. The summed E-state index contributed by atoms with van der Waals surface area (Å²) in [6.45, 7) is -0.746. The normalized spacial score (nSPS) is 28.2. The number of nitrogen functional groups attached to an aromatic ring is 1. The van der Waals surface area contributed by atoms with Gasteiger partial charge in [-0.05, 0) is 6.07 Å². The highest BCUT2D eigenvalue weighted by molar-refractivity contribution is 7.61. The zero-order chi connectivity index (χ0) is 23.6. The maximum Gasteiger partial charge on any atom is 0.481 e. The number of anilines is 1. The summed E-state index contributed by atoms with van der Waals surface area (Å²) in [6.07, 6.45) is -4.82. The van der Waals surface area contributed by atoms with E-state index in [9.17, 15) is 33.9 Å². The number of phosphoric acid groups is 2. The van der Waals surface area contributed by atoms with Crippen LogP contribution in [0.1, 0.15) is 6.23 Å². The minimum atomic E-state index is -5.11. The van der Waals surface area contributed by atoms with Crippen molar-refractivity contribution in [2.24, 2.45) is 0 Å². The van der Waals surface area contributed by atoms with Gasteiger partial charge in [-0.1, -0.05) is 0 Å². The van der Waals surface area contributed by atoms with Gasteiger partial charge in [-0.2, -0.15) is 9.29 Å². The second-order valence-electron chi connectivity index (χ2n) is 7.75. The number of aliphatic hydroxyl groups excluding tert-OH is 2. The molecule has 0 aromatic carbocycles. The number of nitrogens with two attached hydrogens (primary N) is 1. The molecule has 2 rings (SSSR count). The number of nitrogens with zero attached hydrogens (tertiary/aromatic N) is 3. The predicted molar refractivity (Wildman–Crippen MR) is 104 cm³/mol. The second kappa shape index (κ2) is 9.73. The van der Waals surface area contributed by atoms with E-state index in [1.54, 1.807) is 21.1 Å². The van der Waals surface area contributed by atoms with Crippen molar-refractivity contribution in [2.75, 3.05) is 46.6 Å². The molecule has 178 valence electrons. The molecule has 0 aliphatic carbocycles. The number of quaternary nitrogens is 1. The highest BCUT2D eigenvalue weighted by atomic mass is 31.3. The number of hydrogen-bond acceptors (Lipinski definition) is 11. The van der Waals surface area contributed by atoms with E-state index in [0.717, 1.165) is 4.57 Å². The highest BCUT2D eigenvalue weighted by Gasteiger charge is 2.46. The topological polar surface area (TPSA) is 213 Å². The fourth-order valence-electron chi connectivity index (χ4n) is 2.49. The van der Waals surface area contributed by atoms with Gasteiger partial charge in [-0.25, -0.2) is 13.9 Å². The minimum Gasteiger partial charge on any atom is -0.387 e. The van der Waals surface area contributed by atoms with E-state index < -0.39 is 52.5 Å². The average Bonchev–Trinajstić information content (AvgIpc) is 2.86. The lowest BCUT2D eigenvalue weighted by Crippen LogP contribution is -2.37. The molecule has 17 heteroatoms. The van der Waals surface area contributed by atoms with Crippen LogP contribution in [0.25, 0.3) is 0 Å². The molecule has 0 amide bonds. The number of phosphoric ester groups is 2. The van der Waals surface area contributed by atoms with Crippen LogP contribution in [-0.2, 0) is 27.2 Å². The van der Waals surface area contributed by atoms with Gasteiger partial charge in [0.15, 0.2) is 6.23 Å². The van der Waals surface area contributed by atoms with E-state index in [0.29, 0.717) is 11.0 Å². The summed E-state index contributed by atoms with van der Waals surface area (Å²) >= 11 is 0. The number of hydrogen-bond donors (Lipinski definition) is 5. The smallest absolute Gasteiger partial charge is 0.387 e. The Morgan fingerprint density at radius 3 is 2.39 bits per heavy atom. The van der Waals surface area contributed by atoms with Crippen molar-refractivity contribution in [1.82, 2.24) is 9.55 Å². The Kier molecular flexibility index (Phi) is 8.17. The van der Waals surface area contributed by atoms with Gasteiger partial charge < -0.3 is 35.0 Å². The largest absolute Gasteiger partial charge is 0.481 e. The molecule has 0 radical (unpaired) electrons. The number of aliphatic hydroxyl groups is 2. The molecule has 0 spiro atoms. The van der Waals surface area contributed by atoms with E-state index in [1.807, 2.05) is 0 Å². The summed E-state index contributed by atoms with van der Waals surface area (Å²) in [7, 11) is -4.64. The molecule has 0 saturated carbocycles. The number of rotatable bonds is 10. The van der Waals surface area contributed by atoms with Crippen molar-refractivity contribution >= 4 is 21.5 Å². The Labute approximate surface area is 177 Å². The molecule has 1 aliphatic rings. The summed E-state index contributed by atoms with van der Waals surface area (Å²) in [5.41, 5.74) is 4.53. The third-order valence-corrected chi connectivity index (χ3v) is 6.72. The molecule has 1 aromatic heterocycles. The molecule has 1 aliphatic heterocycles. The molecule has 4 unspecified atom stereocenters. The first-order valence-electron chi connectivity index (χ1n) is 8.93. The molecule has 31 heavy (non-hydrogen) atoms. The van der Waals surface area contributed by atoms with Crippen molar-refractivity contribution in [3.63, 3.8) is 0 Å². The molecule has 0 bridgehead atoms. The van der Waals surface area contributed by atoms with Crippen LogP contribution in [0.3, 0.4) is 0 Å². The van der Waals surface area contributed by atoms with E-state index in [1.165, 1.54) is 12.3 Å². The van der Waals surface area contributed by atoms with Crippen molar-refractivity contribution in [2.45, 2.75) is 24.5 Å². The van der Waals surface area contributed by atoms with Crippen LogP contribution < -0.4 is 11.4 Å². The van der Waals surface area contributed by atoms with Crippen molar-refractivity contribution in [1.29, 1.82) is 0 Å². The summed E-state index contributed by atoms with van der Waals surface area (Å²) in [4.78, 5) is 34.7. The molecule has 15 nitrogen and oxygen atoms in total. The molecular formula is C14H27N4O11P2+. The Balaban J connectivity index is 1.96. The second-order valence-corrected chi connectivity index (χ2v) is 10.8. The van der Waals surface area contributed by atoms with Gasteiger partial charge in [0, 0.05) is 6.20 Å². The van der Waals surface area contributed by atoms with Crippen LogP contribution in [-0.4, -0.2) is 93.2 Å². The monoisotopic (exact) mass is 489 g/mol. The fourth-order valence-corrected chi connectivity index (χ4v) is 4.56. The molecule has 6 N–H and O–H groups in total. The lowest BCUT2D eigenvalue weighted by atomic mass is 10.1. The maximum atomic E-state index is 12.0. The van der Waals surface area contributed by atoms with Gasteiger partial charge in [0.25, 0.3) is 0 Å². The maximum absolute atomic E-state index is 12.0. The SMILES string of the molecule is C[N+](C)(C)CCOP(=O)(O)OP(=O)(O)OC[C@H]1O[C@@H](n2ccc(N)nc2=O)C(O)C1O. The number of likely N-dealkylation sites (N-methyl/N-ethyl adjacent to an activating group) is 1. The van der Waals surface area contributed by atoms with E-state index in [-0.39, 0.29) is 12.4 Å². The van der Waals surface area contributed by atoms with Crippen LogP contribution in [0.5, 0.6) is 0 Å². The first-order chi connectivity index (χ1) is 14.1. The van der Waals surface area contributed by atoms with Gasteiger partial charge >= 0.3 is 21.3 Å². The van der Waals surface area contributed by atoms with Gasteiger partial charge in [0.1, 0.15) is 37.3 Å². The first kappa shape index (κ1) is 26.0. The lowest BCUT2D eigenvalue weighted by molar-refractivity contribution is -0.870. The van der Waals surface area contributed by atoms with Crippen molar-refractivity contribution in [3.05, 3.63) is 22.7 Å². The van der Waals surface area contributed by atoms with E-state index in [2.05, 4.69) is 18.3 Å². The summed E-state index contributed by atoms with van der Waals surface area (Å²) < 4.78 is 43.9. The molecule has 1 fully saturated rings. The van der Waals surface area contributed by atoms with Gasteiger partial charge in [-0.15, -0.1) is 0 Å². The van der Waals surface area contributed by atoms with Gasteiger partial charge in [0.2, 0.25) is 0 Å². The fraction of sp³-hybridized carbons (Fsp3) is 0.714. The van der Waals surface area contributed by atoms with Gasteiger partial charge in [-0.3, -0.25) is 13.6 Å².